The molecule has 2 aliphatic rings. The summed E-state index contributed by atoms with van der Waals surface area (Å²) in [5, 5.41) is 0. The van der Waals surface area contributed by atoms with E-state index in [2.05, 4.69) is 42.2 Å². The number of nitrogens with two attached hydrogens (primary N) is 2. The molecule has 4 aromatic rings. The Kier molecular flexibility index (Phi) is 9.30. The first-order valence-corrected chi connectivity index (χ1v) is 18.7. The van der Waals surface area contributed by atoms with Gasteiger partial charge in [0.2, 0.25) is 11.9 Å². The average molecular weight is 743 g/mol. The zero-order chi connectivity index (χ0) is 33.8. The topological polar surface area (TPSA) is 272 Å². The van der Waals surface area contributed by atoms with Crippen LogP contribution in [0.25, 0.3) is 22.3 Å². The summed E-state index contributed by atoms with van der Waals surface area (Å²) in [6.07, 6.45) is -8.78. The van der Waals surface area contributed by atoms with Crippen molar-refractivity contribution in [1.29, 1.82) is 0 Å². The van der Waals surface area contributed by atoms with E-state index < -0.39 is 81.0 Å². The molecule has 26 heteroatoms. The van der Waals surface area contributed by atoms with Crippen LogP contribution in [0, 0.1) is 0 Å². The number of hydrogen-bond donors (Lipinski definition) is 6. The highest BCUT2D eigenvalue weighted by atomic mass is 32.7. The first kappa shape index (κ1) is 34.0. The van der Waals surface area contributed by atoms with E-state index in [9.17, 15) is 19.0 Å². The Labute approximate surface area is 271 Å². The zero-order valence-electron chi connectivity index (χ0n) is 23.8. The monoisotopic (exact) mass is 742 g/mol. The first-order valence-electron chi connectivity index (χ1n) is 13.4. The van der Waals surface area contributed by atoms with E-state index >= 15 is 8.78 Å². The predicted octanol–water partition coefficient (Wildman–Crippen LogP) is 0.598. The van der Waals surface area contributed by atoms with Gasteiger partial charge in [-0.05, 0) is 11.8 Å². The van der Waals surface area contributed by atoms with E-state index in [0.29, 0.717) is 0 Å². The number of anilines is 2. The number of aromatic amines is 2. The molecular weight excluding hydrogens is 716 g/mol. The Morgan fingerprint density at radius 1 is 1.04 bits per heavy atom. The number of ether oxygens (including phenoxy) is 2. The largest absolute Gasteiger partial charge is 0.386 e. The first-order chi connectivity index (χ1) is 22.2. The van der Waals surface area contributed by atoms with Crippen LogP contribution in [0.5, 0.6) is 0 Å². The molecule has 256 valence electrons. The molecule has 0 saturated carbocycles. The number of hydrogen-bond acceptors (Lipinski definition) is 16. The molecular formula is C21H26F2N10O10P2S2. The molecule has 0 radical (unpaired) electrons. The number of nitrogens with zero attached hydrogens (tertiary/aromatic N) is 6. The fourth-order valence-electron chi connectivity index (χ4n) is 5.07. The molecule has 0 aromatic carbocycles. The summed E-state index contributed by atoms with van der Waals surface area (Å²) in [5.74, 6) is -0.489. The number of fused-ring (bicyclic) bond motifs is 2. The smallest absolute Gasteiger partial charge is 0.369 e. The van der Waals surface area contributed by atoms with Crippen molar-refractivity contribution >= 4 is 71.8 Å². The van der Waals surface area contributed by atoms with Crippen molar-refractivity contribution in [1.82, 2.24) is 39.0 Å². The summed E-state index contributed by atoms with van der Waals surface area (Å²) in [6.45, 7) is -9.34. The third-order valence-electron chi connectivity index (χ3n) is 7.16. The molecule has 0 spiro atoms. The van der Waals surface area contributed by atoms with Gasteiger partial charge in [-0.3, -0.25) is 37.7 Å². The second kappa shape index (κ2) is 12.9. The molecule has 47 heavy (non-hydrogen) atoms. The summed E-state index contributed by atoms with van der Waals surface area (Å²) >= 11 is 8.80. The molecule has 9 atom stereocenters. The van der Waals surface area contributed by atoms with E-state index in [1.165, 1.54) is 10.9 Å². The minimum Gasteiger partial charge on any atom is -0.369 e. The van der Waals surface area contributed by atoms with Gasteiger partial charge in [0.1, 0.15) is 18.4 Å². The van der Waals surface area contributed by atoms with Crippen LogP contribution in [-0.2, 0) is 43.9 Å². The highest BCUT2D eigenvalue weighted by molar-refractivity contribution is 8.44. The Morgan fingerprint density at radius 2 is 1.62 bits per heavy atom. The maximum absolute atomic E-state index is 16.1. The Bertz CT molecular complexity index is 2030. The number of imidazole rings is 2. The van der Waals surface area contributed by atoms with Crippen molar-refractivity contribution in [2.75, 3.05) is 31.8 Å². The van der Waals surface area contributed by atoms with Gasteiger partial charge in [0.15, 0.2) is 41.0 Å². The molecule has 0 amide bonds. The second-order valence-corrected chi connectivity index (χ2v) is 16.1. The molecule has 2 unspecified atom stereocenters. The number of rotatable bonds is 11. The molecule has 6 heterocycles. The minimum atomic E-state index is -4.46. The normalized spacial score (nSPS) is 29.0. The SMILES string of the molecule is COP(O)(=S)OC[C@H]1O[C@@H](n2cnc3c(=O)[nH]c(N)nc32)[C@H](F)[C@@H]1OP(=O)(S)OC[C@@H]1C[C@@H](F)[C@H](n2cnc3c(=O)[nH]c(N)nc32)O1. The quantitative estimate of drug-likeness (QED) is 0.0907. The Morgan fingerprint density at radius 3 is 2.19 bits per heavy atom. The lowest BCUT2D eigenvalue weighted by atomic mass is 10.1. The van der Waals surface area contributed by atoms with Crippen molar-refractivity contribution in [2.24, 2.45) is 0 Å². The van der Waals surface area contributed by atoms with Gasteiger partial charge in [0.25, 0.3) is 11.1 Å². The maximum atomic E-state index is 16.1. The van der Waals surface area contributed by atoms with Gasteiger partial charge < -0.3 is 34.9 Å². The van der Waals surface area contributed by atoms with Crippen molar-refractivity contribution < 1.29 is 45.8 Å². The number of thiol groups is 1. The van der Waals surface area contributed by atoms with Crippen molar-refractivity contribution in [2.45, 2.75) is 49.5 Å². The van der Waals surface area contributed by atoms with Gasteiger partial charge in [0.05, 0.1) is 32.0 Å². The third-order valence-corrected chi connectivity index (χ3v) is 10.5. The number of nitrogen functional groups attached to an aromatic ring is 2. The number of H-pyrrole nitrogens is 2. The number of aromatic nitrogens is 8. The molecule has 4 aromatic heterocycles. The van der Waals surface area contributed by atoms with Crippen LogP contribution in [0.2, 0.25) is 0 Å². The second-order valence-electron chi connectivity index (χ2n) is 10.2. The summed E-state index contributed by atoms with van der Waals surface area (Å²) in [7, 11) is 1.10. The number of halogens is 2. The van der Waals surface area contributed by atoms with Crippen molar-refractivity contribution in [3.05, 3.63) is 33.4 Å². The maximum Gasteiger partial charge on any atom is 0.386 e. The van der Waals surface area contributed by atoms with Crippen LogP contribution < -0.4 is 22.6 Å². The van der Waals surface area contributed by atoms with Gasteiger partial charge in [-0.25, -0.2) is 23.3 Å². The third kappa shape index (κ3) is 6.85. The standard InChI is InChI=1S/C21H26F2N10O10P2S2/c1-38-44(36,46)40-4-9-13(10(23)19(42-9)33-6-27-12-15(33)29-21(25)31-17(12)35)43-45(37,47)39-3-7-2-8(22)18(41-7)32-5-26-11-14(32)28-20(24)30-16(11)34/h5-10,13,18-19H,2-4H2,1H3,(H,36,46)(H,37,47)(H3,24,28,30,34)(H3,25,29,31,35)/t7-,8+,9+,10+,13+,18+,19+,44?,45?/m0/s1. The van der Waals surface area contributed by atoms with E-state index in [-0.39, 0.29) is 40.6 Å². The van der Waals surface area contributed by atoms with E-state index in [1.54, 1.807) is 0 Å². The average Bonchev–Trinajstić information content (AvgIpc) is 3.76. The fraction of sp³-hybridized carbons (Fsp3) is 0.524. The summed E-state index contributed by atoms with van der Waals surface area (Å²) in [5.41, 5.74) is 9.53. The molecule has 20 nitrogen and oxygen atoms in total. The molecule has 2 saturated heterocycles. The van der Waals surface area contributed by atoms with Crippen molar-refractivity contribution in [3.63, 3.8) is 0 Å². The molecule has 2 fully saturated rings. The van der Waals surface area contributed by atoms with E-state index in [4.69, 9.17) is 50.8 Å². The van der Waals surface area contributed by atoms with Gasteiger partial charge in [-0.2, -0.15) is 9.97 Å². The van der Waals surface area contributed by atoms with Crippen LogP contribution in [0.15, 0.2) is 22.2 Å². The summed E-state index contributed by atoms with van der Waals surface area (Å²) in [6, 6.07) is 0. The summed E-state index contributed by atoms with van der Waals surface area (Å²) < 4.78 is 79.0. The molecule has 2 aliphatic heterocycles. The Hall–Kier alpha value is -2.89. The van der Waals surface area contributed by atoms with Crippen molar-refractivity contribution in [3.8, 4) is 0 Å². The highest BCUT2D eigenvalue weighted by Gasteiger charge is 2.51. The van der Waals surface area contributed by atoms with Crippen LogP contribution in [0.4, 0.5) is 20.7 Å². The summed E-state index contributed by atoms with van der Waals surface area (Å²) in [4.78, 5) is 54.8. The van der Waals surface area contributed by atoms with Gasteiger partial charge in [0, 0.05) is 13.5 Å². The lowest BCUT2D eigenvalue weighted by molar-refractivity contribution is -0.0444. The molecule has 6 rings (SSSR count). The lowest BCUT2D eigenvalue weighted by Gasteiger charge is -2.24. The van der Waals surface area contributed by atoms with Crippen LogP contribution in [0.3, 0.4) is 0 Å². The predicted molar refractivity (Wildman–Crippen MR) is 164 cm³/mol. The van der Waals surface area contributed by atoms with Crippen LogP contribution in [-0.4, -0.2) is 94.9 Å². The van der Waals surface area contributed by atoms with Gasteiger partial charge in [-0.1, -0.05) is 12.2 Å². The number of nitrogens with one attached hydrogen (secondary N) is 2. The number of alkyl halides is 2. The zero-order valence-corrected chi connectivity index (χ0v) is 27.3. The highest BCUT2D eigenvalue weighted by Crippen LogP contribution is 2.57. The van der Waals surface area contributed by atoms with E-state index in [1.807, 2.05) is 0 Å². The fourth-order valence-corrected chi connectivity index (χ4v) is 7.20. The molecule has 0 aliphatic carbocycles. The van der Waals surface area contributed by atoms with E-state index in [0.717, 1.165) is 18.0 Å². The lowest BCUT2D eigenvalue weighted by Crippen LogP contribution is -2.33. The molecule has 0 bridgehead atoms. The minimum absolute atomic E-state index is 0.0169. The molecule has 7 N–H and O–H groups in total. The van der Waals surface area contributed by atoms with Gasteiger partial charge in [-0.15, -0.1) is 0 Å². The Balaban J connectivity index is 1.17. The van der Waals surface area contributed by atoms with Crippen LogP contribution >= 0.6 is 25.8 Å². The van der Waals surface area contributed by atoms with Gasteiger partial charge >= 0.3 is 13.5 Å². The van der Waals surface area contributed by atoms with Crippen LogP contribution in [0.1, 0.15) is 18.9 Å².